The van der Waals surface area contributed by atoms with Crippen LogP contribution in [0.5, 0.6) is 5.75 Å². The molecule has 37 heavy (non-hydrogen) atoms. The summed E-state index contributed by atoms with van der Waals surface area (Å²) in [5.74, 6) is 0.595. The van der Waals surface area contributed by atoms with Gasteiger partial charge in [-0.05, 0) is 80.8 Å². The Morgan fingerprint density at radius 3 is 2.43 bits per heavy atom. The third-order valence-corrected chi connectivity index (χ3v) is 8.31. The fraction of sp³-hybridized carbons (Fsp3) is 0.533. The number of hydrogen-bond acceptors (Lipinski definition) is 6. The number of benzene rings is 2. The van der Waals surface area contributed by atoms with E-state index in [2.05, 4.69) is 35.8 Å². The molecule has 198 valence electrons. The van der Waals surface area contributed by atoms with E-state index in [9.17, 15) is 14.7 Å². The van der Waals surface area contributed by atoms with Crippen LogP contribution in [-0.2, 0) is 9.53 Å². The van der Waals surface area contributed by atoms with Gasteiger partial charge in [0, 0.05) is 43.8 Å². The third kappa shape index (κ3) is 5.53. The number of rotatable bonds is 7. The summed E-state index contributed by atoms with van der Waals surface area (Å²) < 4.78 is 4.95. The Bertz CT molecular complexity index is 1130. The zero-order valence-corrected chi connectivity index (χ0v) is 22.2. The number of ether oxygens (including phenoxy) is 1. The van der Waals surface area contributed by atoms with E-state index >= 15 is 0 Å². The van der Waals surface area contributed by atoms with Crippen molar-refractivity contribution in [1.82, 2.24) is 14.7 Å². The standard InChI is InChI=1S/C30H39N3O4/c1-20-18-33(21(2)17-31(20)19-22-12-13-22)28(24-8-5-10-26(34)16-24)23-7-4-9-25(15-23)29(35)32-14-6-11-27(32)30(36)37-3/h4-5,7-10,15-16,20-22,27-28,34H,6,11-14,17-19H2,1-3H3/t20-,21+,27+,28?/m1/s1. The quantitative estimate of drug-likeness (QED) is 0.572. The van der Waals surface area contributed by atoms with Crippen LogP contribution in [0.1, 0.15) is 67.1 Å². The van der Waals surface area contributed by atoms with Crippen molar-refractivity contribution < 1.29 is 19.4 Å². The maximum absolute atomic E-state index is 13.5. The van der Waals surface area contributed by atoms with Gasteiger partial charge in [0.1, 0.15) is 11.8 Å². The van der Waals surface area contributed by atoms with E-state index < -0.39 is 6.04 Å². The predicted octanol–water partition coefficient (Wildman–Crippen LogP) is 4.06. The number of hydrogen-bond donors (Lipinski definition) is 1. The average Bonchev–Trinajstić information content (AvgIpc) is 3.58. The van der Waals surface area contributed by atoms with E-state index in [-0.39, 0.29) is 23.7 Å². The molecule has 5 rings (SSSR count). The smallest absolute Gasteiger partial charge is 0.328 e. The Balaban J connectivity index is 1.46. The molecular weight excluding hydrogens is 466 g/mol. The monoisotopic (exact) mass is 505 g/mol. The maximum atomic E-state index is 13.5. The molecule has 0 spiro atoms. The highest BCUT2D eigenvalue weighted by molar-refractivity contribution is 5.97. The fourth-order valence-electron chi connectivity index (χ4n) is 6.14. The zero-order valence-electron chi connectivity index (χ0n) is 22.2. The number of methoxy groups -OCH3 is 1. The first-order valence-electron chi connectivity index (χ1n) is 13.6. The summed E-state index contributed by atoms with van der Waals surface area (Å²) in [6, 6.07) is 15.4. The molecule has 3 fully saturated rings. The van der Waals surface area contributed by atoms with Crippen molar-refractivity contribution in [3.8, 4) is 5.75 Å². The summed E-state index contributed by atoms with van der Waals surface area (Å²) in [4.78, 5) is 32.6. The van der Waals surface area contributed by atoms with Crippen molar-refractivity contribution in [1.29, 1.82) is 0 Å². The largest absolute Gasteiger partial charge is 0.508 e. The van der Waals surface area contributed by atoms with Gasteiger partial charge in [-0.25, -0.2) is 4.79 Å². The van der Waals surface area contributed by atoms with Crippen LogP contribution < -0.4 is 0 Å². The lowest BCUT2D eigenvalue weighted by molar-refractivity contribution is -0.145. The number of nitrogens with zero attached hydrogens (tertiary/aromatic N) is 3. The maximum Gasteiger partial charge on any atom is 0.328 e. The molecule has 1 saturated carbocycles. The molecule has 1 aliphatic carbocycles. The second kappa shape index (κ2) is 10.8. The molecule has 0 bridgehead atoms. The first-order chi connectivity index (χ1) is 17.9. The molecule has 7 heteroatoms. The van der Waals surface area contributed by atoms with Crippen molar-refractivity contribution in [2.75, 3.05) is 33.3 Å². The number of carbonyl (C=O) groups excluding carboxylic acids is 2. The minimum absolute atomic E-state index is 0.102. The molecule has 2 aromatic carbocycles. The Morgan fingerprint density at radius 2 is 1.73 bits per heavy atom. The molecular formula is C30H39N3O4. The highest BCUT2D eigenvalue weighted by Gasteiger charge is 2.38. The van der Waals surface area contributed by atoms with Gasteiger partial charge in [-0.2, -0.15) is 0 Å². The number of amides is 1. The van der Waals surface area contributed by atoms with Crippen molar-refractivity contribution in [3.05, 3.63) is 65.2 Å². The van der Waals surface area contributed by atoms with E-state index in [0.29, 0.717) is 30.6 Å². The molecule has 2 heterocycles. The van der Waals surface area contributed by atoms with Crippen LogP contribution in [-0.4, -0.2) is 83.1 Å². The van der Waals surface area contributed by atoms with E-state index in [1.165, 1.54) is 26.5 Å². The second-order valence-electron chi connectivity index (χ2n) is 11.1. The van der Waals surface area contributed by atoms with Crippen molar-refractivity contribution >= 4 is 11.9 Å². The van der Waals surface area contributed by atoms with Crippen molar-refractivity contribution in [2.24, 2.45) is 5.92 Å². The van der Waals surface area contributed by atoms with Gasteiger partial charge >= 0.3 is 5.97 Å². The molecule has 1 amide bonds. The SMILES string of the molecule is COC(=O)[C@@H]1CCCN1C(=O)c1cccc(C(c2cccc(O)c2)N2C[C@@H](C)N(CC3CC3)C[C@@H]2C)c1. The lowest BCUT2D eigenvalue weighted by atomic mass is 9.92. The molecule has 2 saturated heterocycles. The van der Waals surface area contributed by atoms with Gasteiger partial charge in [0.25, 0.3) is 5.91 Å². The van der Waals surface area contributed by atoms with E-state index in [1.807, 2.05) is 30.3 Å². The molecule has 4 atom stereocenters. The van der Waals surface area contributed by atoms with Crippen LogP contribution in [0.25, 0.3) is 0 Å². The van der Waals surface area contributed by atoms with Gasteiger partial charge in [-0.3, -0.25) is 14.6 Å². The number of aromatic hydroxyl groups is 1. The fourth-order valence-corrected chi connectivity index (χ4v) is 6.14. The molecule has 0 radical (unpaired) electrons. The highest BCUT2D eigenvalue weighted by Crippen LogP contribution is 2.37. The summed E-state index contributed by atoms with van der Waals surface area (Å²) in [5, 5.41) is 10.3. The van der Waals surface area contributed by atoms with Crippen LogP contribution in [0, 0.1) is 5.92 Å². The Morgan fingerprint density at radius 1 is 1.00 bits per heavy atom. The van der Waals surface area contributed by atoms with Crippen LogP contribution in [0.4, 0.5) is 0 Å². The van der Waals surface area contributed by atoms with Gasteiger partial charge in [-0.15, -0.1) is 0 Å². The molecule has 3 aliphatic rings. The minimum Gasteiger partial charge on any atom is -0.508 e. The first kappa shape index (κ1) is 25.7. The van der Waals surface area contributed by atoms with Gasteiger partial charge in [0.2, 0.25) is 0 Å². The van der Waals surface area contributed by atoms with Gasteiger partial charge in [0.05, 0.1) is 13.2 Å². The lowest BCUT2D eigenvalue weighted by Gasteiger charge is -2.48. The number of piperazine rings is 1. The van der Waals surface area contributed by atoms with Crippen LogP contribution in [0.3, 0.4) is 0 Å². The molecule has 2 aromatic rings. The van der Waals surface area contributed by atoms with Crippen LogP contribution in [0.15, 0.2) is 48.5 Å². The second-order valence-corrected chi connectivity index (χ2v) is 11.1. The Kier molecular flexibility index (Phi) is 7.54. The molecule has 1 N–H and O–H groups in total. The van der Waals surface area contributed by atoms with Crippen molar-refractivity contribution in [2.45, 2.75) is 63.7 Å². The zero-order chi connectivity index (χ0) is 26.1. The van der Waals surface area contributed by atoms with Crippen LogP contribution in [0.2, 0.25) is 0 Å². The van der Waals surface area contributed by atoms with E-state index in [0.717, 1.165) is 36.6 Å². The molecule has 7 nitrogen and oxygen atoms in total. The number of phenolic OH excluding ortho intramolecular Hbond substituents is 1. The average molecular weight is 506 g/mol. The molecule has 2 aliphatic heterocycles. The number of carbonyl (C=O) groups is 2. The molecule has 0 aromatic heterocycles. The summed E-state index contributed by atoms with van der Waals surface area (Å²) in [5.41, 5.74) is 2.60. The highest BCUT2D eigenvalue weighted by atomic mass is 16.5. The normalized spacial score (nSPS) is 25.7. The summed E-state index contributed by atoms with van der Waals surface area (Å²) in [6.07, 6.45) is 4.12. The van der Waals surface area contributed by atoms with Gasteiger partial charge in [0.15, 0.2) is 0 Å². The van der Waals surface area contributed by atoms with Gasteiger partial charge in [-0.1, -0.05) is 24.3 Å². The number of phenols is 1. The number of esters is 1. The van der Waals surface area contributed by atoms with E-state index in [4.69, 9.17) is 4.74 Å². The minimum atomic E-state index is -0.525. The predicted molar refractivity (Wildman–Crippen MR) is 142 cm³/mol. The number of likely N-dealkylation sites (tertiary alicyclic amines) is 1. The summed E-state index contributed by atoms with van der Waals surface area (Å²) in [6.45, 7) is 8.22. The summed E-state index contributed by atoms with van der Waals surface area (Å²) >= 11 is 0. The van der Waals surface area contributed by atoms with Crippen LogP contribution >= 0.6 is 0 Å². The van der Waals surface area contributed by atoms with Gasteiger partial charge < -0.3 is 14.7 Å². The lowest BCUT2D eigenvalue weighted by Crippen LogP contribution is -2.57. The first-order valence-corrected chi connectivity index (χ1v) is 13.6. The topological polar surface area (TPSA) is 73.3 Å². The Hall–Kier alpha value is -2.90. The van der Waals surface area contributed by atoms with Crippen molar-refractivity contribution in [3.63, 3.8) is 0 Å². The Labute approximate surface area is 220 Å². The third-order valence-electron chi connectivity index (χ3n) is 8.31. The summed E-state index contributed by atoms with van der Waals surface area (Å²) in [7, 11) is 1.37. The van der Waals surface area contributed by atoms with E-state index in [1.54, 1.807) is 11.0 Å². The molecule has 1 unspecified atom stereocenters.